The van der Waals surface area contributed by atoms with Crippen LogP contribution in [0.1, 0.15) is 70.0 Å². The van der Waals surface area contributed by atoms with Crippen LogP contribution in [0.25, 0.3) is 0 Å². The molecule has 0 amide bonds. The third kappa shape index (κ3) is 3.14. The van der Waals surface area contributed by atoms with Gasteiger partial charge in [-0.2, -0.15) is 0 Å². The predicted octanol–water partition coefficient (Wildman–Crippen LogP) is 4.56. The second kappa shape index (κ2) is 5.44. The van der Waals surface area contributed by atoms with E-state index in [1.165, 1.54) is 43.2 Å². The topological polar surface area (TPSA) is 26.0 Å². The maximum Gasteiger partial charge on any atom is 0.0323 e. The molecule has 1 atom stereocenters. The molecule has 1 aromatic rings. The van der Waals surface area contributed by atoms with Crippen molar-refractivity contribution >= 4 is 0 Å². The second-order valence-corrected chi connectivity index (χ2v) is 6.80. The van der Waals surface area contributed by atoms with Crippen molar-refractivity contribution in [1.29, 1.82) is 0 Å². The van der Waals surface area contributed by atoms with E-state index in [4.69, 9.17) is 5.73 Å². The largest absolute Gasteiger partial charge is 0.324 e. The Morgan fingerprint density at radius 1 is 1.00 bits per heavy atom. The Morgan fingerprint density at radius 2 is 1.56 bits per heavy atom. The van der Waals surface area contributed by atoms with Gasteiger partial charge >= 0.3 is 0 Å². The zero-order valence-electron chi connectivity index (χ0n) is 12.1. The van der Waals surface area contributed by atoms with E-state index in [0.717, 1.165) is 0 Å². The van der Waals surface area contributed by atoms with Crippen LogP contribution in [0.4, 0.5) is 0 Å². The highest BCUT2D eigenvalue weighted by molar-refractivity contribution is 5.29. The van der Waals surface area contributed by atoms with E-state index in [1.54, 1.807) is 0 Å². The Kier molecular flexibility index (Phi) is 4.11. The third-order valence-electron chi connectivity index (χ3n) is 4.32. The van der Waals surface area contributed by atoms with Crippen LogP contribution in [0, 0.1) is 5.92 Å². The number of nitrogens with two attached hydrogens (primary N) is 1. The lowest BCUT2D eigenvalue weighted by Crippen LogP contribution is -2.23. The lowest BCUT2D eigenvalue weighted by atomic mass is 9.80. The summed E-state index contributed by atoms with van der Waals surface area (Å²) in [5.41, 5.74) is 9.36. The van der Waals surface area contributed by atoms with E-state index < -0.39 is 0 Å². The van der Waals surface area contributed by atoms with Gasteiger partial charge in [0.2, 0.25) is 0 Å². The monoisotopic (exact) mass is 245 g/mol. The van der Waals surface area contributed by atoms with Gasteiger partial charge in [-0.05, 0) is 35.3 Å². The molecule has 1 aliphatic carbocycles. The molecule has 0 aliphatic heterocycles. The van der Waals surface area contributed by atoms with Crippen LogP contribution in [0.15, 0.2) is 24.3 Å². The highest BCUT2D eigenvalue weighted by atomic mass is 14.7. The standard InChI is InChI=1S/C17H27N/c1-17(2,3)15-11-9-14(10-12-15)16(18)13-7-5-4-6-8-13/h9-13,16H,4-8,18H2,1-3H3/t16-/m0/s1. The van der Waals surface area contributed by atoms with Gasteiger partial charge in [0.25, 0.3) is 0 Å². The fraction of sp³-hybridized carbons (Fsp3) is 0.647. The van der Waals surface area contributed by atoms with E-state index in [0.29, 0.717) is 5.92 Å². The first-order chi connectivity index (χ1) is 8.48. The minimum Gasteiger partial charge on any atom is -0.324 e. The summed E-state index contributed by atoms with van der Waals surface area (Å²) in [5.74, 6) is 0.694. The molecule has 0 saturated heterocycles. The van der Waals surface area contributed by atoms with Crippen LogP contribution in [0.3, 0.4) is 0 Å². The number of benzene rings is 1. The highest BCUT2D eigenvalue weighted by Gasteiger charge is 2.22. The van der Waals surface area contributed by atoms with Crippen molar-refractivity contribution in [2.45, 2.75) is 64.3 Å². The van der Waals surface area contributed by atoms with Gasteiger partial charge in [0.05, 0.1) is 0 Å². The van der Waals surface area contributed by atoms with Crippen LogP contribution in [-0.4, -0.2) is 0 Å². The van der Waals surface area contributed by atoms with Crippen molar-refractivity contribution in [1.82, 2.24) is 0 Å². The lowest BCUT2D eigenvalue weighted by molar-refractivity contribution is 0.308. The Labute approximate surface area is 112 Å². The van der Waals surface area contributed by atoms with E-state index in [-0.39, 0.29) is 11.5 Å². The number of hydrogen-bond acceptors (Lipinski definition) is 1. The predicted molar refractivity (Wildman–Crippen MR) is 78.6 cm³/mol. The minimum absolute atomic E-state index is 0.230. The van der Waals surface area contributed by atoms with Crippen LogP contribution in [0.5, 0.6) is 0 Å². The summed E-state index contributed by atoms with van der Waals surface area (Å²) in [6.07, 6.45) is 6.73. The fourth-order valence-corrected chi connectivity index (χ4v) is 2.97. The quantitative estimate of drug-likeness (QED) is 0.812. The summed E-state index contributed by atoms with van der Waals surface area (Å²) in [4.78, 5) is 0. The molecule has 1 aromatic carbocycles. The van der Waals surface area contributed by atoms with Crippen LogP contribution in [-0.2, 0) is 5.41 Å². The zero-order valence-corrected chi connectivity index (χ0v) is 12.1. The van der Waals surface area contributed by atoms with E-state index in [2.05, 4.69) is 45.0 Å². The third-order valence-corrected chi connectivity index (χ3v) is 4.32. The van der Waals surface area contributed by atoms with Gasteiger partial charge in [0.1, 0.15) is 0 Å². The van der Waals surface area contributed by atoms with E-state index in [9.17, 15) is 0 Å². The molecular weight excluding hydrogens is 218 g/mol. The molecule has 2 N–H and O–H groups in total. The maximum absolute atomic E-state index is 6.43. The zero-order chi connectivity index (χ0) is 13.2. The van der Waals surface area contributed by atoms with Crippen molar-refractivity contribution in [2.75, 3.05) is 0 Å². The molecule has 0 unspecified atom stereocenters. The molecule has 1 heteroatoms. The maximum atomic E-state index is 6.43. The molecule has 0 aromatic heterocycles. The fourth-order valence-electron chi connectivity index (χ4n) is 2.97. The SMILES string of the molecule is CC(C)(C)c1ccc([C@@H](N)C2CCCCC2)cc1. The summed E-state index contributed by atoms with van der Waals surface area (Å²) >= 11 is 0. The van der Waals surface area contributed by atoms with Gasteiger partial charge in [-0.3, -0.25) is 0 Å². The van der Waals surface area contributed by atoms with E-state index >= 15 is 0 Å². The smallest absolute Gasteiger partial charge is 0.0323 e. The molecular formula is C17H27N. The summed E-state index contributed by atoms with van der Waals surface area (Å²) in [6, 6.07) is 9.20. The Morgan fingerprint density at radius 3 is 2.06 bits per heavy atom. The molecule has 1 nitrogen and oxygen atoms in total. The minimum atomic E-state index is 0.230. The molecule has 0 spiro atoms. The molecule has 1 saturated carbocycles. The molecule has 18 heavy (non-hydrogen) atoms. The first kappa shape index (κ1) is 13.6. The molecule has 0 radical (unpaired) electrons. The second-order valence-electron chi connectivity index (χ2n) is 6.80. The first-order valence-corrected chi connectivity index (χ1v) is 7.34. The molecule has 0 bridgehead atoms. The van der Waals surface area contributed by atoms with Crippen LogP contribution in [0.2, 0.25) is 0 Å². The highest BCUT2D eigenvalue weighted by Crippen LogP contribution is 2.33. The summed E-state index contributed by atoms with van der Waals surface area (Å²) in [7, 11) is 0. The molecule has 0 heterocycles. The molecule has 1 aliphatic rings. The normalized spacial score (nSPS) is 19.8. The van der Waals surface area contributed by atoms with Gasteiger partial charge in [0.15, 0.2) is 0 Å². The summed E-state index contributed by atoms with van der Waals surface area (Å²) in [5, 5.41) is 0. The van der Waals surface area contributed by atoms with Gasteiger partial charge in [-0.25, -0.2) is 0 Å². The van der Waals surface area contributed by atoms with Gasteiger partial charge < -0.3 is 5.73 Å². The molecule has 100 valence electrons. The molecule has 1 fully saturated rings. The van der Waals surface area contributed by atoms with Gasteiger partial charge in [-0.1, -0.05) is 64.3 Å². The Balaban J connectivity index is 2.09. The summed E-state index contributed by atoms with van der Waals surface area (Å²) in [6.45, 7) is 6.76. The Bertz CT molecular complexity index is 366. The van der Waals surface area contributed by atoms with Crippen molar-refractivity contribution in [2.24, 2.45) is 11.7 Å². The summed E-state index contributed by atoms with van der Waals surface area (Å²) < 4.78 is 0. The van der Waals surface area contributed by atoms with Crippen molar-refractivity contribution in [3.8, 4) is 0 Å². The number of hydrogen-bond donors (Lipinski definition) is 1. The lowest BCUT2D eigenvalue weighted by Gasteiger charge is -2.28. The van der Waals surface area contributed by atoms with E-state index in [1.807, 2.05) is 0 Å². The first-order valence-electron chi connectivity index (χ1n) is 7.34. The number of rotatable bonds is 2. The van der Waals surface area contributed by atoms with Gasteiger partial charge in [0, 0.05) is 6.04 Å². The Hall–Kier alpha value is -0.820. The molecule has 2 rings (SSSR count). The van der Waals surface area contributed by atoms with Crippen LogP contribution >= 0.6 is 0 Å². The average molecular weight is 245 g/mol. The van der Waals surface area contributed by atoms with Crippen molar-refractivity contribution < 1.29 is 0 Å². The van der Waals surface area contributed by atoms with Gasteiger partial charge in [-0.15, -0.1) is 0 Å². The van der Waals surface area contributed by atoms with Crippen molar-refractivity contribution in [3.63, 3.8) is 0 Å². The van der Waals surface area contributed by atoms with Crippen LogP contribution < -0.4 is 5.73 Å². The average Bonchev–Trinajstić information content (AvgIpc) is 2.38. The van der Waals surface area contributed by atoms with Crippen molar-refractivity contribution in [3.05, 3.63) is 35.4 Å².